The number of hydrogen-bond acceptors (Lipinski definition) is 2. The molecule has 0 bridgehead atoms. The molecular formula is C13H27ClN2O. The molecule has 0 aliphatic heterocycles. The molecule has 1 aliphatic rings. The first-order valence-electron chi connectivity index (χ1n) is 6.79. The summed E-state index contributed by atoms with van der Waals surface area (Å²) in [6.45, 7) is 1.51. The van der Waals surface area contributed by atoms with E-state index in [9.17, 15) is 4.79 Å². The highest BCUT2D eigenvalue weighted by atomic mass is 35.5. The van der Waals surface area contributed by atoms with Crippen LogP contribution in [0.4, 0.5) is 0 Å². The number of nitrogens with one attached hydrogen (secondary N) is 1. The van der Waals surface area contributed by atoms with Gasteiger partial charge in [0.05, 0.1) is 0 Å². The van der Waals surface area contributed by atoms with E-state index in [1.165, 1.54) is 32.1 Å². The third kappa shape index (κ3) is 8.44. The van der Waals surface area contributed by atoms with Crippen molar-refractivity contribution in [2.75, 3.05) is 13.1 Å². The number of carbonyl (C=O) groups excluding carboxylic acids is 1. The van der Waals surface area contributed by atoms with Crippen LogP contribution in [-0.4, -0.2) is 19.0 Å². The van der Waals surface area contributed by atoms with Gasteiger partial charge in [0, 0.05) is 13.0 Å². The van der Waals surface area contributed by atoms with Gasteiger partial charge in [-0.05, 0) is 38.1 Å². The van der Waals surface area contributed by atoms with E-state index in [4.69, 9.17) is 5.73 Å². The minimum absolute atomic E-state index is 0. The molecule has 1 rings (SSSR count). The van der Waals surface area contributed by atoms with Crippen LogP contribution in [0.3, 0.4) is 0 Å². The molecule has 0 unspecified atom stereocenters. The van der Waals surface area contributed by atoms with Crippen molar-refractivity contribution in [2.45, 2.75) is 57.8 Å². The van der Waals surface area contributed by atoms with Crippen molar-refractivity contribution in [3.63, 3.8) is 0 Å². The van der Waals surface area contributed by atoms with E-state index in [2.05, 4.69) is 5.32 Å². The Balaban J connectivity index is 0.00000256. The third-order valence-electron chi connectivity index (χ3n) is 3.44. The molecule has 0 atom stereocenters. The number of halogens is 1. The average Bonchev–Trinajstić information content (AvgIpc) is 2.77. The molecule has 17 heavy (non-hydrogen) atoms. The number of carbonyl (C=O) groups is 1. The monoisotopic (exact) mass is 262 g/mol. The Bertz CT molecular complexity index is 194. The van der Waals surface area contributed by atoms with Crippen LogP contribution in [0.5, 0.6) is 0 Å². The van der Waals surface area contributed by atoms with E-state index in [1.807, 2.05) is 0 Å². The molecule has 0 aromatic heterocycles. The zero-order chi connectivity index (χ0) is 11.6. The van der Waals surface area contributed by atoms with Crippen LogP contribution in [0.15, 0.2) is 0 Å². The lowest BCUT2D eigenvalue weighted by Gasteiger charge is -2.08. The molecule has 0 aromatic carbocycles. The zero-order valence-corrected chi connectivity index (χ0v) is 11.6. The summed E-state index contributed by atoms with van der Waals surface area (Å²) in [5.41, 5.74) is 5.38. The highest BCUT2D eigenvalue weighted by molar-refractivity contribution is 5.85. The van der Waals surface area contributed by atoms with Crippen LogP contribution in [0.2, 0.25) is 0 Å². The van der Waals surface area contributed by atoms with Gasteiger partial charge >= 0.3 is 0 Å². The Morgan fingerprint density at radius 1 is 1.18 bits per heavy atom. The fourth-order valence-electron chi connectivity index (χ4n) is 2.44. The maximum absolute atomic E-state index is 11.4. The molecule has 0 spiro atoms. The van der Waals surface area contributed by atoms with Crippen molar-refractivity contribution in [2.24, 2.45) is 11.7 Å². The molecule has 3 nitrogen and oxygen atoms in total. The molecular weight excluding hydrogens is 236 g/mol. The fraction of sp³-hybridized carbons (Fsp3) is 0.923. The summed E-state index contributed by atoms with van der Waals surface area (Å²) in [7, 11) is 0. The van der Waals surface area contributed by atoms with E-state index in [1.54, 1.807) is 0 Å². The number of amides is 1. The Kier molecular flexibility index (Phi) is 10.7. The van der Waals surface area contributed by atoms with Crippen molar-refractivity contribution >= 4 is 18.3 Å². The van der Waals surface area contributed by atoms with Gasteiger partial charge in [0.1, 0.15) is 0 Å². The molecule has 0 heterocycles. The SMILES string of the molecule is Cl.NCCCCNC(=O)CCCC1CCCC1. The highest BCUT2D eigenvalue weighted by Crippen LogP contribution is 2.28. The van der Waals surface area contributed by atoms with E-state index >= 15 is 0 Å². The molecule has 1 fully saturated rings. The smallest absolute Gasteiger partial charge is 0.219 e. The topological polar surface area (TPSA) is 55.1 Å². The second-order valence-electron chi connectivity index (χ2n) is 4.89. The Labute approximate surface area is 111 Å². The summed E-state index contributed by atoms with van der Waals surface area (Å²) >= 11 is 0. The van der Waals surface area contributed by atoms with Gasteiger partial charge in [-0.2, -0.15) is 0 Å². The van der Waals surface area contributed by atoms with Gasteiger partial charge in [-0.1, -0.05) is 25.7 Å². The third-order valence-corrected chi connectivity index (χ3v) is 3.44. The van der Waals surface area contributed by atoms with Crippen LogP contribution >= 0.6 is 12.4 Å². The predicted molar refractivity (Wildman–Crippen MR) is 74.4 cm³/mol. The normalized spacial score (nSPS) is 15.6. The van der Waals surface area contributed by atoms with E-state index in [-0.39, 0.29) is 18.3 Å². The van der Waals surface area contributed by atoms with Crippen molar-refractivity contribution in [3.8, 4) is 0 Å². The van der Waals surface area contributed by atoms with Gasteiger partial charge in [-0.3, -0.25) is 4.79 Å². The van der Waals surface area contributed by atoms with E-state index in [0.29, 0.717) is 6.42 Å². The lowest BCUT2D eigenvalue weighted by atomic mass is 10.0. The van der Waals surface area contributed by atoms with Gasteiger partial charge in [-0.15, -0.1) is 12.4 Å². The van der Waals surface area contributed by atoms with Crippen LogP contribution in [0, 0.1) is 5.92 Å². The van der Waals surface area contributed by atoms with Crippen LogP contribution < -0.4 is 11.1 Å². The minimum atomic E-state index is 0. The van der Waals surface area contributed by atoms with Gasteiger partial charge in [0.15, 0.2) is 0 Å². The molecule has 4 heteroatoms. The summed E-state index contributed by atoms with van der Waals surface area (Å²) in [5.74, 6) is 1.13. The largest absolute Gasteiger partial charge is 0.356 e. The number of rotatable bonds is 8. The Morgan fingerprint density at radius 2 is 1.88 bits per heavy atom. The summed E-state index contributed by atoms with van der Waals surface area (Å²) in [6.07, 6.45) is 10.6. The first-order valence-corrected chi connectivity index (χ1v) is 6.79. The first-order chi connectivity index (χ1) is 7.83. The quantitative estimate of drug-likeness (QED) is 0.661. The number of nitrogens with two attached hydrogens (primary N) is 1. The van der Waals surface area contributed by atoms with Gasteiger partial charge in [0.25, 0.3) is 0 Å². The van der Waals surface area contributed by atoms with E-state index in [0.717, 1.165) is 38.3 Å². The molecule has 0 aromatic rings. The van der Waals surface area contributed by atoms with Gasteiger partial charge in [-0.25, -0.2) is 0 Å². The molecule has 1 saturated carbocycles. The van der Waals surface area contributed by atoms with Crippen LogP contribution in [0.25, 0.3) is 0 Å². The molecule has 3 N–H and O–H groups in total. The standard InChI is InChI=1S/C13H26N2O.ClH/c14-10-3-4-11-15-13(16)9-5-8-12-6-1-2-7-12;/h12H,1-11,14H2,(H,15,16);1H. The maximum atomic E-state index is 11.4. The zero-order valence-electron chi connectivity index (χ0n) is 10.7. The van der Waals surface area contributed by atoms with E-state index < -0.39 is 0 Å². The second-order valence-corrected chi connectivity index (χ2v) is 4.89. The van der Waals surface area contributed by atoms with Crippen molar-refractivity contribution in [3.05, 3.63) is 0 Å². The lowest BCUT2D eigenvalue weighted by molar-refractivity contribution is -0.121. The lowest BCUT2D eigenvalue weighted by Crippen LogP contribution is -2.24. The average molecular weight is 263 g/mol. The summed E-state index contributed by atoms with van der Waals surface area (Å²) < 4.78 is 0. The molecule has 0 saturated heterocycles. The second kappa shape index (κ2) is 10.8. The Morgan fingerprint density at radius 3 is 2.53 bits per heavy atom. The predicted octanol–water partition coefficient (Wildman–Crippen LogP) is 2.62. The fourth-order valence-corrected chi connectivity index (χ4v) is 2.44. The van der Waals surface area contributed by atoms with Gasteiger partial charge in [0.2, 0.25) is 5.91 Å². The summed E-state index contributed by atoms with van der Waals surface area (Å²) in [6, 6.07) is 0. The number of hydrogen-bond donors (Lipinski definition) is 2. The van der Waals surface area contributed by atoms with Crippen molar-refractivity contribution in [1.82, 2.24) is 5.32 Å². The molecule has 1 aliphatic carbocycles. The van der Waals surface area contributed by atoms with Gasteiger partial charge < -0.3 is 11.1 Å². The maximum Gasteiger partial charge on any atom is 0.219 e. The highest BCUT2D eigenvalue weighted by Gasteiger charge is 2.14. The van der Waals surface area contributed by atoms with Crippen LogP contribution in [0.1, 0.15) is 57.8 Å². The van der Waals surface area contributed by atoms with Crippen molar-refractivity contribution in [1.29, 1.82) is 0 Å². The van der Waals surface area contributed by atoms with Crippen LogP contribution in [-0.2, 0) is 4.79 Å². The minimum Gasteiger partial charge on any atom is -0.356 e. The number of unbranched alkanes of at least 4 members (excludes halogenated alkanes) is 1. The summed E-state index contributed by atoms with van der Waals surface area (Å²) in [4.78, 5) is 11.4. The summed E-state index contributed by atoms with van der Waals surface area (Å²) in [5, 5.41) is 2.95. The molecule has 0 radical (unpaired) electrons. The Hall–Kier alpha value is -0.280. The molecule has 1 amide bonds. The van der Waals surface area contributed by atoms with Crippen molar-refractivity contribution < 1.29 is 4.79 Å². The first kappa shape index (κ1) is 16.7. The molecule has 102 valence electrons.